The maximum Gasteiger partial charge on any atom is 0.251 e. The number of benzene rings is 2. The minimum Gasteiger partial charge on any atom is -0.493 e. The molecule has 1 heterocycles. The van der Waals surface area contributed by atoms with Gasteiger partial charge in [-0.25, -0.2) is 8.42 Å². The van der Waals surface area contributed by atoms with Gasteiger partial charge in [0.15, 0.2) is 0 Å². The first-order valence-corrected chi connectivity index (χ1v) is 15.8. The van der Waals surface area contributed by atoms with Gasteiger partial charge in [0.1, 0.15) is 5.75 Å². The zero-order valence-corrected chi connectivity index (χ0v) is 26.1. The number of hydrogen-bond donors (Lipinski definition) is 2. The fourth-order valence-corrected chi connectivity index (χ4v) is 6.19. The van der Waals surface area contributed by atoms with E-state index in [2.05, 4.69) is 16.7 Å². The Balaban J connectivity index is 1.45. The molecule has 9 nitrogen and oxygen atoms in total. The zero-order chi connectivity index (χ0) is 30.2. The van der Waals surface area contributed by atoms with E-state index in [4.69, 9.17) is 4.74 Å². The molecule has 2 amide bonds. The summed E-state index contributed by atoms with van der Waals surface area (Å²) >= 11 is 0. The van der Waals surface area contributed by atoms with Crippen LogP contribution in [0.3, 0.4) is 0 Å². The van der Waals surface area contributed by atoms with E-state index in [-0.39, 0.29) is 22.8 Å². The second kappa shape index (κ2) is 14.3. The molecule has 226 valence electrons. The largest absolute Gasteiger partial charge is 0.493 e. The summed E-state index contributed by atoms with van der Waals surface area (Å²) in [5.74, 6) is 0.625. The molecule has 1 aliphatic rings. The van der Waals surface area contributed by atoms with Gasteiger partial charge in [-0.15, -0.1) is 0 Å². The van der Waals surface area contributed by atoms with Gasteiger partial charge in [-0.3, -0.25) is 9.59 Å². The number of nitrogens with one attached hydrogen (secondary N) is 2. The topological polar surface area (TPSA) is 108 Å². The number of amides is 2. The Morgan fingerprint density at radius 1 is 1.05 bits per heavy atom. The van der Waals surface area contributed by atoms with Crippen LogP contribution in [0, 0.1) is 19.3 Å². The molecular formula is C31H46N4O5S. The molecule has 1 aliphatic heterocycles. The van der Waals surface area contributed by atoms with Gasteiger partial charge in [-0.1, -0.05) is 26.0 Å². The van der Waals surface area contributed by atoms with Gasteiger partial charge in [0.05, 0.1) is 11.5 Å². The number of likely N-dealkylation sites (N-methyl/N-ethyl adjacent to an activating group) is 1. The number of aryl methyl sites for hydroxylation is 2. The highest BCUT2D eigenvalue weighted by Crippen LogP contribution is 2.26. The third-order valence-electron chi connectivity index (χ3n) is 7.55. The van der Waals surface area contributed by atoms with Gasteiger partial charge < -0.3 is 20.3 Å². The molecule has 0 spiro atoms. The van der Waals surface area contributed by atoms with Crippen LogP contribution in [-0.4, -0.2) is 82.4 Å². The molecule has 0 bridgehead atoms. The van der Waals surface area contributed by atoms with Crippen LogP contribution in [0.15, 0.2) is 47.4 Å². The van der Waals surface area contributed by atoms with Crippen LogP contribution < -0.4 is 15.4 Å². The Kier molecular flexibility index (Phi) is 11.3. The van der Waals surface area contributed by atoms with Gasteiger partial charge in [-0.05, 0) is 95.1 Å². The van der Waals surface area contributed by atoms with Crippen molar-refractivity contribution in [2.45, 2.75) is 64.3 Å². The molecule has 10 heteroatoms. The van der Waals surface area contributed by atoms with Crippen molar-refractivity contribution in [3.63, 3.8) is 0 Å². The molecule has 0 saturated carbocycles. The predicted molar refractivity (Wildman–Crippen MR) is 162 cm³/mol. The average Bonchev–Trinajstić information content (AvgIpc) is 2.93. The lowest BCUT2D eigenvalue weighted by Crippen LogP contribution is -2.49. The standard InChI is InChI=1S/C31H46N4O5S/c1-23-8-9-24(2)28(22-23)40-21-7-16-31(3,4)30(37)33-26-14-18-35(19-15-26)41(38,39)27-12-10-25(11-13-27)29(36)32-17-20-34(5)6/h8-13,22,26H,7,14-21H2,1-6H3,(H,32,36)(H,33,37). The van der Waals surface area contributed by atoms with E-state index in [1.165, 1.54) is 16.4 Å². The molecule has 0 radical (unpaired) electrons. The summed E-state index contributed by atoms with van der Waals surface area (Å²) < 4.78 is 33.8. The van der Waals surface area contributed by atoms with E-state index in [9.17, 15) is 18.0 Å². The molecule has 0 aliphatic carbocycles. The SMILES string of the molecule is Cc1ccc(C)c(OCCCC(C)(C)C(=O)NC2CCN(S(=O)(=O)c3ccc(C(=O)NCCN(C)C)cc3)CC2)c1. The van der Waals surface area contributed by atoms with E-state index in [0.29, 0.717) is 51.1 Å². The molecule has 1 saturated heterocycles. The maximum absolute atomic E-state index is 13.2. The number of carbonyl (C=O) groups excluding carboxylic acids is 2. The fourth-order valence-electron chi connectivity index (χ4n) is 4.72. The number of piperidine rings is 1. The van der Waals surface area contributed by atoms with Gasteiger partial charge in [-0.2, -0.15) is 4.31 Å². The Morgan fingerprint density at radius 2 is 1.71 bits per heavy atom. The first kappa shape index (κ1) is 32.6. The predicted octanol–water partition coefficient (Wildman–Crippen LogP) is 3.75. The van der Waals surface area contributed by atoms with Crippen LogP contribution in [0.5, 0.6) is 5.75 Å². The zero-order valence-electron chi connectivity index (χ0n) is 25.3. The molecule has 0 atom stereocenters. The van der Waals surface area contributed by atoms with Crippen LogP contribution in [0.4, 0.5) is 0 Å². The number of sulfonamides is 1. The van der Waals surface area contributed by atoms with Crippen molar-refractivity contribution >= 4 is 21.8 Å². The van der Waals surface area contributed by atoms with Gasteiger partial charge >= 0.3 is 0 Å². The minimum atomic E-state index is -3.69. The Labute approximate surface area is 245 Å². The molecule has 2 aromatic rings. The second-order valence-electron chi connectivity index (χ2n) is 11.8. The number of hydrogen-bond acceptors (Lipinski definition) is 6. The number of nitrogens with zero attached hydrogens (tertiary/aromatic N) is 2. The summed E-state index contributed by atoms with van der Waals surface area (Å²) in [6, 6.07) is 12.1. The summed E-state index contributed by atoms with van der Waals surface area (Å²) in [6.45, 7) is 10.3. The highest BCUT2D eigenvalue weighted by Gasteiger charge is 2.33. The fraction of sp³-hybridized carbons (Fsp3) is 0.548. The normalized spacial score (nSPS) is 15.1. The molecule has 1 fully saturated rings. The van der Waals surface area contributed by atoms with Crippen LogP contribution in [0.1, 0.15) is 61.0 Å². The van der Waals surface area contributed by atoms with Gasteiger partial charge in [0, 0.05) is 43.2 Å². The van der Waals surface area contributed by atoms with Crippen LogP contribution in [-0.2, 0) is 14.8 Å². The first-order chi connectivity index (χ1) is 19.3. The number of rotatable bonds is 13. The third kappa shape index (κ3) is 9.28. The molecule has 0 unspecified atom stereocenters. The first-order valence-electron chi connectivity index (χ1n) is 14.3. The Hall–Kier alpha value is -2.95. The average molecular weight is 587 g/mol. The summed E-state index contributed by atoms with van der Waals surface area (Å²) in [7, 11) is 0.164. The molecule has 3 rings (SSSR count). The molecule has 0 aromatic heterocycles. The lowest BCUT2D eigenvalue weighted by molar-refractivity contribution is -0.130. The summed E-state index contributed by atoms with van der Waals surface area (Å²) in [6.07, 6.45) is 2.52. The molecule has 2 aromatic carbocycles. The Morgan fingerprint density at radius 3 is 2.34 bits per heavy atom. The van der Waals surface area contributed by atoms with Crippen molar-refractivity contribution in [3.8, 4) is 5.75 Å². The highest BCUT2D eigenvalue weighted by atomic mass is 32.2. The molecule has 2 N–H and O–H groups in total. The minimum absolute atomic E-state index is 0.0232. The summed E-state index contributed by atoms with van der Waals surface area (Å²) in [5.41, 5.74) is 2.10. The number of carbonyl (C=O) groups is 2. The van der Waals surface area contributed by atoms with E-state index < -0.39 is 15.4 Å². The van der Waals surface area contributed by atoms with Crippen molar-refractivity contribution < 1.29 is 22.7 Å². The third-order valence-corrected chi connectivity index (χ3v) is 9.46. The lowest BCUT2D eigenvalue weighted by Gasteiger charge is -2.34. The van der Waals surface area contributed by atoms with E-state index in [0.717, 1.165) is 29.8 Å². The second-order valence-corrected chi connectivity index (χ2v) is 13.8. The van der Waals surface area contributed by atoms with Crippen molar-refractivity contribution in [3.05, 3.63) is 59.2 Å². The molecule has 41 heavy (non-hydrogen) atoms. The van der Waals surface area contributed by atoms with Crippen LogP contribution in [0.25, 0.3) is 0 Å². The lowest BCUT2D eigenvalue weighted by atomic mass is 9.86. The van der Waals surface area contributed by atoms with E-state index >= 15 is 0 Å². The molecular weight excluding hydrogens is 540 g/mol. The highest BCUT2D eigenvalue weighted by molar-refractivity contribution is 7.89. The van der Waals surface area contributed by atoms with Crippen molar-refractivity contribution in [1.82, 2.24) is 19.8 Å². The monoisotopic (exact) mass is 586 g/mol. The van der Waals surface area contributed by atoms with Crippen molar-refractivity contribution in [2.24, 2.45) is 5.41 Å². The Bertz CT molecular complexity index is 1280. The van der Waals surface area contributed by atoms with Gasteiger partial charge in [0.25, 0.3) is 5.91 Å². The summed E-state index contributed by atoms with van der Waals surface area (Å²) in [4.78, 5) is 27.5. The van der Waals surface area contributed by atoms with Gasteiger partial charge in [0.2, 0.25) is 15.9 Å². The maximum atomic E-state index is 13.2. The van der Waals surface area contributed by atoms with Crippen LogP contribution >= 0.6 is 0 Å². The van der Waals surface area contributed by atoms with E-state index in [1.54, 1.807) is 12.1 Å². The van der Waals surface area contributed by atoms with Crippen molar-refractivity contribution in [1.29, 1.82) is 0 Å². The quantitative estimate of drug-likeness (QED) is 0.346. The van der Waals surface area contributed by atoms with Crippen LogP contribution in [0.2, 0.25) is 0 Å². The summed E-state index contributed by atoms with van der Waals surface area (Å²) in [5, 5.41) is 5.97. The van der Waals surface area contributed by atoms with E-state index in [1.807, 2.05) is 58.8 Å². The smallest absolute Gasteiger partial charge is 0.251 e. The van der Waals surface area contributed by atoms with Crippen molar-refractivity contribution in [2.75, 3.05) is 46.9 Å². The number of ether oxygens (including phenoxy) is 1.